The molecular weight excluding hydrogens is 386 g/mol. The Bertz CT molecular complexity index is 1070. The molecule has 1 aliphatic rings. The highest BCUT2D eigenvalue weighted by molar-refractivity contribution is 7.10. The molecule has 6 heteroatoms. The van der Waals surface area contributed by atoms with Crippen LogP contribution in [-0.2, 0) is 13.0 Å². The van der Waals surface area contributed by atoms with Gasteiger partial charge in [0.25, 0.3) is 5.91 Å². The number of hydrogen-bond donors (Lipinski definition) is 0. The number of amides is 1. The van der Waals surface area contributed by atoms with Crippen LogP contribution in [0.15, 0.2) is 71.7 Å². The Hall–Kier alpha value is -2.70. The van der Waals surface area contributed by atoms with Gasteiger partial charge in [-0.15, -0.1) is 22.7 Å². The summed E-state index contributed by atoms with van der Waals surface area (Å²) in [7, 11) is 0. The van der Waals surface area contributed by atoms with Gasteiger partial charge in [0.1, 0.15) is 0 Å². The van der Waals surface area contributed by atoms with E-state index in [0.717, 1.165) is 24.1 Å². The molecule has 0 saturated heterocycles. The maximum absolute atomic E-state index is 13.4. The van der Waals surface area contributed by atoms with Crippen LogP contribution in [0.25, 0.3) is 0 Å². The Labute approximate surface area is 171 Å². The summed E-state index contributed by atoms with van der Waals surface area (Å²) in [5, 5.41) is 8.47. The average molecular weight is 406 g/mol. The van der Waals surface area contributed by atoms with Crippen LogP contribution in [-0.4, -0.2) is 27.1 Å². The molecule has 1 aliphatic heterocycles. The topological polar surface area (TPSA) is 38.1 Å². The SMILES string of the molecule is O=C(c1ccc(Cn2cccn2)cc1)N1CCc2sccc2C1c1cccs1. The molecule has 28 heavy (non-hydrogen) atoms. The van der Waals surface area contributed by atoms with Crippen LogP contribution in [0.2, 0.25) is 0 Å². The maximum Gasteiger partial charge on any atom is 0.254 e. The van der Waals surface area contributed by atoms with Gasteiger partial charge in [-0.05, 0) is 58.6 Å². The standard InChI is InChI=1S/C22H19N3OS2/c26-22(17-6-4-16(5-7-17)15-24-11-2-10-23-24)25-12-8-19-18(9-14-28-19)21(25)20-3-1-13-27-20/h1-7,9-11,13-14,21H,8,12,15H2. The number of carbonyl (C=O) groups is 1. The summed E-state index contributed by atoms with van der Waals surface area (Å²) in [5.74, 6) is 0.0980. The third kappa shape index (κ3) is 3.19. The smallest absolute Gasteiger partial charge is 0.254 e. The lowest BCUT2D eigenvalue weighted by Gasteiger charge is -2.35. The van der Waals surface area contributed by atoms with Crippen LogP contribution >= 0.6 is 22.7 Å². The largest absolute Gasteiger partial charge is 0.326 e. The number of thiophene rings is 2. The number of hydrogen-bond acceptors (Lipinski definition) is 4. The van der Waals surface area contributed by atoms with E-state index in [1.807, 2.05) is 46.1 Å². The molecule has 0 bridgehead atoms. The molecular formula is C22H19N3OS2. The zero-order valence-corrected chi connectivity index (χ0v) is 16.8. The predicted octanol–water partition coefficient (Wildman–Crippen LogP) is 4.84. The van der Waals surface area contributed by atoms with Crippen molar-refractivity contribution >= 4 is 28.6 Å². The third-order valence-electron chi connectivity index (χ3n) is 5.14. The Morgan fingerprint density at radius 2 is 1.96 bits per heavy atom. The fourth-order valence-corrected chi connectivity index (χ4v) is 5.55. The lowest BCUT2D eigenvalue weighted by atomic mass is 9.97. The summed E-state index contributed by atoms with van der Waals surface area (Å²) < 4.78 is 1.88. The molecule has 3 aromatic heterocycles. The summed E-state index contributed by atoms with van der Waals surface area (Å²) in [4.78, 5) is 18.0. The number of nitrogens with zero attached hydrogens (tertiary/aromatic N) is 3. The van der Waals surface area contributed by atoms with E-state index in [1.165, 1.54) is 15.3 Å². The second-order valence-corrected chi connectivity index (χ2v) is 8.85. The van der Waals surface area contributed by atoms with Crippen molar-refractivity contribution in [3.63, 3.8) is 0 Å². The molecule has 4 heterocycles. The first-order valence-electron chi connectivity index (χ1n) is 9.26. The van der Waals surface area contributed by atoms with E-state index in [0.29, 0.717) is 6.54 Å². The van der Waals surface area contributed by atoms with Crippen molar-refractivity contribution in [2.24, 2.45) is 0 Å². The lowest BCUT2D eigenvalue weighted by Crippen LogP contribution is -2.39. The Balaban J connectivity index is 1.42. The zero-order chi connectivity index (χ0) is 18.9. The minimum absolute atomic E-state index is 0.0197. The minimum Gasteiger partial charge on any atom is -0.326 e. The number of rotatable bonds is 4. The van der Waals surface area contributed by atoms with Gasteiger partial charge in [-0.3, -0.25) is 9.48 Å². The molecule has 0 saturated carbocycles. The molecule has 4 aromatic rings. The van der Waals surface area contributed by atoms with Crippen LogP contribution in [0.1, 0.15) is 37.3 Å². The van der Waals surface area contributed by atoms with Gasteiger partial charge >= 0.3 is 0 Å². The quantitative estimate of drug-likeness (QED) is 0.487. The van der Waals surface area contributed by atoms with Crippen LogP contribution in [0.4, 0.5) is 0 Å². The molecule has 1 atom stereocenters. The van der Waals surface area contributed by atoms with E-state index in [2.05, 4.69) is 34.1 Å². The highest BCUT2D eigenvalue weighted by Crippen LogP contribution is 2.40. The van der Waals surface area contributed by atoms with Gasteiger partial charge < -0.3 is 4.90 Å². The Kier molecular flexibility index (Phi) is 4.58. The Morgan fingerprint density at radius 1 is 1.07 bits per heavy atom. The average Bonchev–Trinajstić information content (AvgIpc) is 3.49. The van der Waals surface area contributed by atoms with E-state index in [4.69, 9.17) is 0 Å². The van der Waals surface area contributed by atoms with Crippen molar-refractivity contribution in [3.8, 4) is 0 Å². The van der Waals surface area contributed by atoms with Crippen molar-refractivity contribution in [2.75, 3.05) is 6.54 Å². The first kappa shape index (κ1) is 17.4. The van der Waals surface area contributed by atoms with Gasteiger partial charge in [0, 0.05) is 34.3 Å². The molecule has 5 rings (SSSR count). The first-order valence-corrected chi connectivity index (χ1v) is 11.0. The summed E-state index contributed by atoms with van der Waals surface area (Å²) >= 11 is 3.52. The number of fused-ring (bicyclic) bond motifs is 1. The molecule has 0 fully saturated rings. The van der Waals surface area contributed by atoms with Gasteiger partial charge in [0.2, 0.25) is 0 Å². The molecule has 0 spiro atoms. The van der Waals surface area contributed by atoms with Crippen molar-refractivity contribution in [1.29, 1.82) is 0 Å². The van der Waals surface area contributed by atoms with E-state index in [9.17, 15) is 4.79 Å². The summed E-state index contributed by atoms with van der Waals surface area (Å²) in [5.41, 5.74) is 3.15. The van der Waals surface area contributed by atoms with E-state index < -0.39 is 0 Å². The molecule has 1 amide bonds. The van der Waals surface area contributed by atoms with Crippen LogP contribution < -0.4 is 0 Å². The molecule has 1 aromatic carbocycles. The predicted molar refractivity (Wildman–Crippen MR) is 113 cm³/mol. The second-order valence-electron chi connectivity index (χ2n) is 6.87. The molecule has 0 radical (unpaired) electrons. The van der Waals surface area contributed by atoms with Crippen molar-refractivity contribution in [1.82, 2.24) is 14.7 Å². The molecule has 140 valence electrons. The van der Waals surface area contributed by atoms with Gasteiger partial charge in [-0.25, -0.2) is 0 Å². The highest BCUT2D eigenvalue weighted by atomic mass is 32.1. The number of carbonyl (C=O) groups excluding carboxylic acids is 1. The van der Waals surface area contributed by atoms with Crippen molar-refractivity contribution in [3.05, 3.63) is 98.1 Å². The normalized spacial score (nSPS) is 16.1. The Morgan fingerprint density at radius 3 is 2.71 bits per heavy atom. The van der Waals surface area contributed by atoms with Crippen molar-refractivity contribution in [2.45, 2.75) is 19.0 Å². The fourth-order valence-electron chi connectivity index (χ4n) is 3.79. The van der Waals surface area contributed by atoms with Crippen LogP contribution in [0.5, 0.6) is 0 Å². The molecule has 4 nitrogen and oxygen atoms in total. The van der Waals surface area contributed by atoms with Crippen molar-refractivity contribution < 1.29 is 4.79 Å². The molecule has 0 aliphatic carbocycles. The van der Waals surface area contributed by atoms with Gasteiger partial charge in [-0.2, -0.15) is 5.10 Å². The third-order valence-corrected chi connectivity index (χ3v) is 7.07. The first-order chi connectivity index (χ1) is 13.8. The number of benzene rings is 1. The lowest BCUT2D eigenvalue weighted by molar-refractivity contribution is 0.0699. The molecule has 0 N–H and O–H groups in total. The van der Waals surface area contributed by atoms with E-state index in [1.54, 1.807) is 28.9 Å². The fraction of sp³-hybridized carbons (Fsp3) is 0.182. The molecule has 1 unspecified atom stereocenters. The van der Waals surface area contributed by atoms with E-state index >= 15 is 0 Å². The zero-order valence-electron chi connectivity index (χ0n) is 15.2. The summed E-state index contributed by atoms with van der Waals surface area (Å²) in [6, 6.07) is 16.2. The minimum atomic E-state index is 0.0197. The second kappa shape index (κ2) is 7.37. The van der Waals surface area contributed by atoms with Gasteiger partial charge in [-0.1, -0.05) is 18.2 Å². The monoisotopic (exact) mass is 405 g/mol. The van der Waals surface area contributed by atoms with E-state index in [-0.39, 0.29) is 11.9 Å². The summed E-state index contributed by atoms with van der Waals surface area (Å²) in [6.45, 7) is 1.46. The van der Waals surface area contributed by atoms with Crippen LogP contribution in [0.3, 0.4) is 0 Å². The number of aromatic nitrogens is 2. The van der Waals surface area contributed by atoms with Crippen LogP contribution in [0, 0.1) is 0 Å². The summed E-state index contributed by atoms with van der Waals surface area (Å²) in [6.07, 6.45) is 4.65. The van der Waals surface area contributed by atoms with Gasteiger partial charge in [0.05, 0.1) is 12.6 Å². The van der Waals surface area contributed by atoms with Gasteiger partial charge in [0.15, 0.2) is 0 Å². The maximum atomic E-state index is 13.4. The highest BCUT2D eigenvalue weighted by Gasteiger charge is 2.33.